The lowest BCUT2D eigenvalue weighted by Crippen LogP contribution is -2.28. The highest BCUT2D eigenvalue weighted by atomic mass is 35.5. The molecule has 2 nitrogen and oxygen atoms in total. The van der Waals surface area contributed by atoms with Crippen LogP contribution in [-0.2, 0) is 0 Å². The Morgan fingerprint density at radius 3 is 2.12 bits per heavy atom. The molecule has 137 valence electrons. The molecule has 0 bridgehead atoms. The van der Waals surface area contributed by atoms with Crippen LogP contribution in [0.1, 0.15) is 71.6 Å². The van der Waals surface area contributed by atoms with E-state index in [4.69, 9.17) is 11.6 Å². The van der Waals surface area contributed by atoms with E-state index in [9.17, 15) is 0 Å². The molecule has 24 heavy (non-hydrogen) atoms. The molecule has 0 aromatic heterocycles. The Labute approximate surface area is 155 Å². The maximum absolute atomic E-state index is 6.16. The maximum Gasteiger partial charge on any atom is 0.0643 e. The van der Waals surface area contributed by atoms with Gasteiger partial charge in [-0.25, -0.2) is 0 Å². The van der Waals surface area contributed by atoms with Gasteiger partial charge >= 0.3 is 0 Å². The van der Waals surface area contributed by atoms with Crippen LogP contribution in [0.15, 0.2) is 18.2 Å². The van der Waals surface area contributed by atoms with Crippen LogP contribution < -0.4 is 5.32 Å². The van der Waals surface area contributed by atoms with Crippen molar-refractivity contribution >= 4 is 17.3 Å². The average Bonchev–Trinajstić information content (AvgIpc) is 2.60. The molecule has 3 heteroatoms. The molecule has 0 amide bonds. The van der Waals surface area contributed by atoms with Gasteiger partial charge in [-0.1, -0.05) is 70.0 Å². The molecule has 1 aromatic rings. The van der Waals surface area contributed by atoms with Crippen molar-refractivity contribution in [1.82, 2.24) is 4.90 Å². The zero-order valence-electron chi connectivity index (χ0n) is 15.7. The normalized spacial score (nSPS) is 11.2. The van der Waals surface area contributed by atoms with Crippen LogP contribution in [0.2, 0.25) is 5.02 Å². The van der Waals surface area contributed by atoms with Gasteiger partial charge in [0.15, 0.2) is 0 Å². The summed E-state index contributed by atoms with van der Waals surface area (Å²) in [6.07, 6.45) is 12.0. The first kappa shape index (κ1) is 21.3. The summed E-state index contributed by atoms with van der Waals surface area (Å²) in [6, 6.07) is 8.71. The van der Waals surface area contributed by atoms with Crippen molar-refractivity contribution in [3.05, 3.63) is 29.3 Å². The highest BCUT2D eigenvalue weighted by Crippen LogP contribution is 2.19. The lowest BCUT2D eigenvalue weighted by molar-refractivity contribution is 0.260. The number of anilines is 1. The summed E-state index contributed by atoms with van der Waals surface area (Å²) in [4.78, 5) is 2.66. The SMILES string of the molecule is CCCCCCN(CCCCCC)CCCNc1cc[c]cc1Cl. The van der Waals surface area contributed by atoms with Crippen LogP contribution in [-0.4, -0.2) is 31.1 Å². The standard InChI is InChI=1S/C21H36ClN2/c1-3-5-7-11-17-24(18-12-8-6-4-2)19-13-16-23-21-15-10-9-14-20(21)22/h10,14-15,23H,3-8,11-13,16-19H2,1-2H3. The highest BCUT2D eigenvalue weighted by molar-refractivity contribution is 6.33. The summed E-state index contributed by atoms with van der Waals surface area (Å²) >= 11 is 6.16. The topological polar surface area (TPSA) is 15.3 Å². The molecule has 0 saturated heterocycles. The van der Waals surface area contributed by atoms with Gasteiger partial charge in [0, 0.05) is 6.54 Å². The number of unbranched alkanes of at least 4 members (excludes halogenated alkanes) is 6. The Balaban J connectivity index is 2.24. The van der Waals surface area contributed by atoms with Gasteiger partial charge in [-0.2, -0.15) is 0 Å². The van der Waals surface area contributed by atoms with E-state index in [2.05, 4.69) is 30.1 Å². The average molecular weight is 352 g/mol. The number of benzene rings is 1. The van der Waals surface area contributed by atoms with Gasteiger partial charge in [-0.05, 0) is 57.1 Å². The summed E-state index contributed by atoms with van der Waals surface area (Å²) in [7, 11) is 0. The third-order valence-corrected chi connectivity index (χ3v) is 4.75. The quantitative estimate of drug-likeness (QED) is 0.367. The van der Waals surface area contributed by atoms with Gasteiger partial charge in [-0.3, -0.25) is 0 Å². The summed E-state index contributed by atoms with van der Waals surface area (Å²) < 4.78 is 0. The lowest BCUT2D eigenvalue weighted by atomic mass is 10.1. The van der Waals surface area contributed by atoms with Gasteiger partial charge in [0.1, 0.15) is 0 Å². The van der Waals surface area contributed by atoms with E-state index in [1.807, 2.05) is 18.2 Å². The number of halogens is 1. The van der Waals surface area contributed by atoms with Crippen molar-refractivity contribution in [2.75, 3.05) is 31.5 Å². The van der Waals surface area contributed by atoms with Crippen molar-refractivity contribution in [1.29, 1.82) is 0 Å². The smallest absolute Gasteiger partial charge is 0.0643 e. The number of nitrogens with zero attached hydrogens (tertiary/aromatic N) is 1. The van der Waals surface area contributed by atoms with Crippen LogP contribution >= 0.6 is 11.6 Å². The minimum absolute atomic E-state index is 0.758. The molecule has 0 atom stereocenters. The molecule has 0 unspecified atom stereocenters. The van der Waals surface area contributed by atoms with E-state index < -0.39 is 0 Å². The third kappa shape index (κ3) is 10.2. The zero-order chi connectivity index (χ0) is 17.5. The van der Waals surface area contributed by atoms with Crippen molar-refractivity contribution < 1.29 is 0 Å². The summed E-state index contributed by atoms with van der Waals surface area (Å²) in [5.74, 6) is 0. The molecular weight excluding hydrogens is 316 g/mol. The Kier molecular flexibility index (Phi) is 13.0. The highest BCUT2D eigenvalue weighted by Gasteiger charge is 2.05. The van der Waals surface area contributed by atoms with Crippen LogP contribution in [0.5, 0.6) is 0 Å². The number of rotatable bonds is 15. The number of hydrogen-bond acceptors (Lipinski definition) is 2. The molecule has 1 aromatic carbocycles. The molecule has 1 radical (unpaired) electrons. The fraction of sp³-hybridized carbons (Fsp3) is 0.714. The Hall–Kier alpha value is -0.730. The molecule has 1 rings (SSSR count). The van der Waals surface area contributed by atoms with E-state index in [-0.39, 0.29) is 0 Å². The molecule has 0 aliphatic heterocycles. The van der Waals surface area contributed by atoms with E-state index in [0.717, 1.165) is 23.7 Å². The second kappa shape index (κ2) is 14.6. The number of nitrogens with one attached hydrogen (secondary N) is 1. The first-order chi connectivity index (χ1) is 11.8. The second-order valence-corrected chi connectivity index (χ2v) is 7.06. The maximum atomic E-state index is 6.16. The van der Waals surface area contributed by atoms with Crippen LogP contribution in [0.25, 0.3) is 0 Å². The minimum atomic E-state index is 0.758. The molecule has 0 saturated carbocycles. The van der Waals surface area contributed by atoms with Crippen molar-refractivity contribution in [2.24, 2.45) is 0 Å². The fourth-order valence-electron chi connectivity index (χ4n) is 2.94. The lowest BCUT2D eigenvalue weighted by Gasteiger charge is -2.22. The first-order valence-corrected chi connectivity index (χ1v) is 10.3. The third-order valence-electron chi connectivity index (χ3n) is 4.44. The Morgan fingerprint density at radius 2 is 1.54 bits per heavy atom. The molecule has 0 spiro atoms. The van der Waals surface area contributed by atoms with E-state index in [0.29, 0.717) is 0 Å². The van der Waals surface area contributed by atoms with E-state index in [1.54, 1.807) is 0 Å². The van der Waals surface area contributed by atoms with Gasteiger partial charge < -0.3 is 10.2 Å². The minimum Gasteiger partial charge on any atom is -0.384 e. The van der Waals surface area contributed by atoms with Crippen molar-refractivity contribution in [3.8, 4) is 0 Å². The molecular formula is C21H36ClN2. The predicted molar refractivity (Wildman–Crippen MR) is 108 cm³/mol. The molecule has 1 N–H and O–H groups in total. The predicted octanol–water partition coefficient (Wildman–Crippen LogP) is 6.40. The monoisotopic (exact) mass is 351 g/mol. The largest absolute Gasteiger partial charge is 0.384 e. The summed E-state index contributed by atoms with van der Waals surface area (Å²) in [5.41, 5.74) is 1.02. The van der Waals surface area contributed by atoms with Gasteiger partial charge in [0.25, 0.3) is 0 Å². The van der Waals surface area contributed by atoms with Crippen molar-refractivity contribution in [3.63, 3.8) is 0 Å². The zero-order valence-corrected chi connectivity index (χ0v) is 16.5. The first-order valence-electron chi connectivity index (χ1n) is 9.89. The molecule has 0 aliphatic rings. The fourth-order valence-corrected chi connectivity index (χ4v) is 3.13. The van der Waals surface area contributed by atoms with E-state index >= 15 is 0 Å². The van der Waals surface area contributed by atoms with Crippen LogP contribution in [0.4, 0.5) is 5.69 Å². The van der Waals surface area contributed by atoms with Crippen LogP contribution in [0, 0.1) is 6.07 Å². The number of hydrogen-bond donors (Lipinski definition) is 1. The van der Waals surface area contributed by atoms with Gasteiger partial charge in [0.05, 0.1) is 10.7 Å². The Bertz CT molecular complexity index is 397. The van der Waals surface area contributed by atoms with Crippen molar-refractivity contribution in [2.45, 2.75) is 71.6 Å². The van der Waals surface area contributed by atoms with Crippen LogP contribution in [0.3, 0.4) is 0 Å². The second-order valence-electron chi connectivity index (χ2n) is 6.65. The molecule has 0 fully saturated rings. The summed E-state index contributed by atoms with van der Waals surface area (Å²) in [6.45, 7) is 9.23. The molecule has 0 aliphatic carbocycles. The van der Waals surface area contributed by atoms with Gasteiger partial charge in [-0.15, -0.1) is 0 Å². The van der Waals surface area contributed by atoms with E-state index in [1.165, 1.54) is 71.0 Å². The summed E-state index contributed by atoms with van der Waals surface area (Å²) in [5, 5.41) is 4.20. The Morgan fingerprint density at radius 1 is 0.917 bits per heavy atom. The molecule has 0 heterocycles. The van der Waals surface area contributed by atoms with Gasteiger partial charge in [0.2, 0.25) is 0 Å².